The lowest BCUT2D eigenvalue weighted by Gasteiger charge is -1.91. The van der Waals surface area contributed by atoms with Gasteiger partial charge in [0.05, 0.1) is 0 Å². The van der Waals surface area contributed by atoms with Crippen LogP contribution < -0.4 is 0 Å². The van der Waals surface area contributed by atoms with E-state index in [0.29, 0.717) is 0 Å². The summed E-state index contributed by atoms with van der Waals surface area (Å²) >= 11 is 0. The van der Waals surface area contributed by atoms with Crippen LogP contribution in [0.25, 0.3) is 0 Å². The molecule has 0 aromatic carbocycles. The largest absolute Gasteiger partial charge is 0.264 e. The lowest BCUT2D eigenvalue weighted by molar-refractivity contribution is 1.25. The van der Waals surface area contributed by atoms with Gasteiger partial charge in [0, 0.05) is 18.1 Å². The SMILES string of the molecule is ClSCc1cccnc1. The molecular formula is C6H6ClNS. The van der Waals surface area contributed by atoms with Gasteiger partial charge in [0.25, 0.3) is 0 Å². The minimum Gasteiger partial charge on any atom is -0.264 e. The molecule has 0 atom stereocenters. The number of hydrogen-bond acceptors (Lipinski definition) is 2. The molecule has 0 fully saturated rings. The summed E-state index contributed by atoms with van der Waals surface area (Å²) in [4.78, 5) is 3.93. The first-order chi connectivity index (χ1) is 4.43. The molecule has 0 aliphatic rings. The highest BCUT2D eigenvalue weighted by atomic mass is 35.7. The normalized spacial score (nSPS) is 9.44. The molecule has 0 N–H and O–H groups in total. The van der Waals surface area contributed by atoms with Crippen molar-refractivity contribution in [2.24, 2.45) is 0 Å². The summed E-state index contributed by atoms with van der Waals surface area (Å²) in [7, 11) is 6.71. The molecule has 0 unspecified atom stereocenters. The first-order valence-corrected chi connectivity index (χ1v) is 4.37. The number of aromatic nitrogens is 1. The minimum absolute atomic E-state index is 0.829. The molecule has 0 saturated carbocycles. The van der Waals surface area contributed by atoms with Crippen LogP contribution in [0.3, 0.4) is 0 Å². The van der Waals surface area contributed by atoms with Gasteiger partial charge in [-0.25, -0.2) is 0 Å². The molecule has 1 nitrogen and oxygen atoms in total. The summed E-state index contributed by atoms with van der Waals surface area (Å²) in [6.07, 6.45) is 3.57. The van der Waals surface area contributed by atoms with E-state index in [1.54, 1.807) is 6.20 Å². The standard InChI is InChI=1S/C6H6ClNS/c7-9-5-6-2-1-3-8-4-6/h1-4H,5H2. The molecule has 0 saturated heterocycles. The number of halogens is 1. The Hall–Kier alpha value is -0.210. The quantitative estimate of drug-likeness (QED) is 0.658. The Morgan fingerprint density at radius 2 is 2.56 bits per heavy atom. The lowest BCUT2D eigenvalue weighted by Crippen LogP contribution is -1.77. The van der Waals surface area contributed by atoms with Gasteiger partial charge in [0.1, 0.15) is 0 Å². The summed E-state index contributed by atoms with van der Waals surface area (Å²) in [5.41, 5.74) is 1.16. The highest BCUT2D eigenvalue weighted by molar-refractivity contribution is 8.20. The number of hydrogen-bond donors (Lipinski definition) is 0. The van der Waals surface area contributed by atoms with E-state index in [0.717, 1.165) is 11.3 Å². The van der Waals surface area contributed by atoms with Crippen LogP contribution in [0.4, 0.5) is 0 Å². The summed E-state index contributed by atoms with van der Waals surface area (Å²) in [6, 6.07) is 3.91. The molecule has 9 heavy (non-hydrogen) atoms. The van der Waals surface area contributed by atoms with Crippen molar-refractivity contribution in [1.29, 1.82) is 0 Å². The van der Waals surface area contributed by atoms with Crippen LogP contribution in [0.5, 0.6) is 0 Å². The summed E-state index contributed by atoms with van der Waals surface area (Å²) in [5, 5.41) is 0. The Morgan fingerprint density at radius 1 is 1.67 bits per heavy atom. The van der Waals surface area contributed by atoms with E-state index >= 15 is 0 Å². The van der Waals surface area contributed by atoms with Gasteiger partial charge in [0.2, 0.25) is 0 Å². The van der Waals surface area contributed by atoms with Gasteiger partial charge in [-0.05, 0) is 22.3 Å². The van der Waals surface area contributed by atoms with Crippen molar-refractivity contribution in [3.63, 3.8) is 0 Å². The summed E-state index contributed by atoms with van der Waals surface area (Å²) in [5.74, 6) is 0.829. The molecule has 0 bridgehead atoms. The topological polar surface area (TPSA) is 12.9 Å². The molecule has 0 spiro atoms. The van der Waals surface area contributed by atoms with E-state index in [-0.39, 0.29) is 0 Å². The average molecular weight is 160 g/mol. The van der Waals surface area contributed by atoms with Gasteiger partial charge >= 0.3 is 0 Å². The number of rotatable bonds is 2. The number of pyridine rings is 1. The second-order valence-corrected chi connectivity index (χ2v) is 2.78. The zero-order valence-electron chi connectivity index (χ0n) is 4.75. The first-order valence-electron chi connectivity index (χ1n) is 2.56. The lowest BCUT2D eigenvalue weighted by atomic mass is 10.3. The Bertz CT molecular complexity index is 166. The van der Waals surface area contributed by atoms with Crippen molar-refractivity contribution in [1.82, 2.24) is 4.98 Å². The smallest absolute Gasteiger partial charge is 0.0352 e. The molecule has 3 heteroatoms. The van der Waals surface area contributed by atoms with Gasteiger partial charge in [-0.3, -0.25) is 4.98 Å². The maximum Gasteiger partial charge on any atom is 0.0352 e. The molecule has 0 aliphatic carbocycles. The fourth-order valence-electron chi connectivity index (χ4n) is 0.546. The molecule has 1 heterocycles. The van der Waals surface area contributed by atoms with E-state index in [1.807, 2.05) is 18.3 Å². The molecule has 48 valence electrons. The average Bonchev–Trinajstić information content (AvgIpc) is 1.91. The number of nitrogens with zero attached hydrogens (tertiary/aromatic N) is 1. The highest BCUT2D eigenvalue weighted by Crippen LogP contribution is 2.13. The van der Waals surface area contributed by atoms with Gasteiger partial charge in [-0.2, -0.15) is 0 Å². The van der Waals surface area contributed by atoms with Crippen LogP contribution in [-0.4, -0.2) is 4.98 Å². The summed E-state index contributed by atoms with van der Waals surface area (Å²) < 4.78 is 0. The van der Waals surface area contributed by atoms with Gasteiger partial charge in [-0.15, -0.1) is 0 Å². The van der Waals surface area contributed by atoms with E-state index in [1.165, 1.54) is 11.0 Å². The van der Waals surface area contributed by atoms with Crippen molar-refractivity contribution in [2.75, 3.05) is 0 Å². The predicted molar refractivity (Wildman–Crippen MR) is 41.4 cm³/mol. The van der Waals surface area contributed by atoms with Crippen molar-refractivity contribution in [3.05, 3.63) is 30.1 Å². The Labute approximate surface area is 62.9 Å². The van der Waals surface area contributed by atoms with E-state index < -0.39 is 0 Å². The second-order valence-electron chi connectivity index (χ2n) is 1.61. The molecule has 1 aromatic heterocycles. The molecule has 0 amide bonds. The van der Waals surface area contributed by atoms with Gasteiger partial charge in [0.15, 0.2) is 0 Å². The molecule has 0 aliphatic heterocycles. The molecule has 1 rings (SSSR count). The highest BCUT2D eigenvalue weighted by Gasteiger charge is 1.87. The van der Waals surface area contributed by atoms with Crippen LogP contribution in [0.15, 0.2) is 24.5 Å². The Kier molecular flexibility index (Phi) is 2.87. The third-order valence-corrected chi connectivity index (χ3v) is 1.71. The third kappa shape index (κ3) is 2.24. The zero-order chi connectivity index (χ0) is 6.53. The van der Waals surface area contributed by atoms with Crippen LogP contribution in [-0.2, 0) is 5.75 Å². The van der Waals surface area contributed by atoms with Gasteiger partial charge in [-0.1, -0.05) is 17.0 Å². The minimum atomic E-state index is 0.829. The summed E-state index contributed by atoms with van der Waals surface area (Å²) in [6.45, 7) is 0. The molecular weight excluding hydrogens is 154 g/mol. The van der Waals surface area contributed by atoms with E-state index in [9.17, 15) is 0 Å². The maximum atomic E-state index is 5.42. The van der Waals surface area contributed by atoms with Crippen LogP contribution in [0.1, 0.15) is 5.56 Å². The van der Waals surface area contributed by atoms with Crippen molar-refractivity contribution < 1.29 is 0 Å². The Balaban J connectivity index is 2.61. The van der Waals surface area contributed by atoms with Crippen molar-refractivity contribution in [3.8, 4) is 0 Å². The molecule has 1 aromatic rings. The first kappa shape index (κ1) is 6.90. The molecule has 0 radical (unpaired) electrons. The third-order valence-electron chi connectivity index (χ3n) is 0.944. The second kappa shape index (κ2) is 3.75. The van der Waals surface area contributed by atoms with Crippen molar-refractivity contribution in [2.45, 2.75) is 5.75 Å². The van der Waals surface area contributed by atoms with Crippen LogP contribution in [0, 0.1) is 0 Å². The zero-order valence-corrected chi connectivity index (χ0v) is 6.32. The maximum absolute atomic E-state index is 5.42. The fraction of sp³-hybridized carbons (Fsp3) is 0.167. The Morgan fingerprint density at radius 3 is 3.11 bits per heavy atom. The van der Waals surface area contributed by atoms with Crippen molar-refractivity contribution >= 4 is 21.7 Å². The van der Waals surface area contributed by atoms with Crippen LogP contribution in [0.2, 0.25) is 0 Å². The predicted octanol–water partition coefficient (Wildman–Crippen LogP) is 2.47. The van der Waals surface area contributed by atoms with E-state index in [2.05, 4.69) is 4.98 Å². The van der Waals surface area contributed by atoms with Gasteiger partial charge < -0.3 is 0 Å². The fourth-order valence-corrected chi connectivity index (χ4v) is 1.22. The monoisotopic (exact) mass is 159 g/mol. The van der Waals surface area contributed by atoms with E-state index in [4.69, 9.17) is 10.7 Å². The van der Waals surface area contributed by atoms with Crippen LogP contribution >= 0.6 is 21.7 Å².